The lowest BCUT2D eigenvalue weighted by Gasteiger charge is -2.12. The lowest BCUT2D eigenvalue weighted by Crippen LogP contribution is -2.28. The third kappa shape index (κ3) is 3.66. The molecule has 3 rings (SSSR count). The summed E-state index contributed by atoms with van der Waals surface area (Å²) in [6, 6.07) is 15.6. The molecule has 1 unspecified atom stereocenters. The lowest BCUT2D eigenvalue weighted by atomic mass is 10.1. The predicted molar refractivity (Wildman–Crippen MR) is 99.6 cm³/mol. The Kier molecular flexibility index (Phi) is 5.28. The Morgan fingerprint density at radius 1 is 1.17 bits per heavy atom. The van der Waals surface area contributed by atoms with Crippen LogP contribution in [0, 0.1) is 0 Å². The molecule has 0 bridgehead atoms. The van der Waals surface area contributed by atoms with Crippen LogP contribution in [-0.4, -0.2) is 17.6 Å². The molecule has 0 spiro atoms. The van der Waals surface area contributed by atoms with Crippen LogP contribution in [0.5, 0.6) is 0 Å². The molecule has 1 heterocycles. The van der Waals surface area contributed by atoms with Crippen LogP contribution in [0.25, 0.3) is 10.1 Å². The lowest BCUT2D eigenvalue weighted by molar-refractivity contribution is 0.0917. The van der Waals surface area contributed by atoms with Crippen molar-refractivity contribution in [2.45, 2.75) is 25.9 Å². The van der Waals surface area contributed by atoms with Gasteiger partial charge in [0.25, 0.3) is 5.91 Å². The van der Waals surface area contributed by atoms with Gasteiger partial charge in [0, 0.05) is 22.4 Å². The molecule has 0 aliphatic rings. The van der Waals surface area contributed by atoms with Gasteiger partial charge >= 0.3 is 0 Å². The second-order valence-electron chi connectivity index (χ2n) is 5.86. The summed E-state index contributed by atoms with van der Waals surface area (Å²) in [6.45, 7) is 2.34. The smallest absolute Gasteiger partial charge is 0.251 e. The van der Waals surface area contributed by atoms with Gasteiger partial charge in [0.05, 0.1) is 6.10 Å². The van der Waals surface area contributed by atoms with Crippen LogP contribution in [0.3, 0.4) is 0 Å². The maximum atomic E-state index is 12.2. The largest absolute Gasteiger partial charge is 0.387 e. The zero-order valence-electron chi connectivity index (χ0n) is 13.7. The first-order valence-electron chi connectivity index (χ1n) is 8.20. The number of carbonyl (C=O) groups excluding carboxylic acids is 1. The van der Waals surface area contributed by atoms with Crippen LogP contribution in [0.4, 0.5) is 0 Å². The Morgan fingerprint density at radius 3 is 2.67 bits per heavy atom. The number of aliphatic hydroxyl groups is 1. The fourth-order valence-corrected chi connectivity index (χ4v) is 3.78. The van der Waals surface area contributed by atoms with Gasteiger partial charge in [-0.05, 0) is 40.9 Å². The Morgan fingerprint density at radius 2 is 1.92 bits per heavy atom. The molecule has 0 fully saturated rings. The van der Waals surface area contributed by atoms with Crippen LogP contribution < -0.4 is 5.32 Å². The van der Waals surface area contributed by atoms with Gasteiger partial charge in [-0.2, -0.15) is 0 Å². The van der Waals surface area contributed by atoms with Crippen molar-refractivity contribution in [1.29, 1.82) is 0 Å². The number of rotatable bonds is 6. The van der Waals surface area contributed by atoms with E-state index in [2.05, 4.69) is 12.2 Å². The topological polar surface area (TPSA) is 49.3 Å². The summed E-state index contributed by atoms with van der Waals surface area (Å²) in [5, 5.41) is 16.2. The summed E-state index contributed by atoms with van der Waals surface area (Å²) in [4.78, 5) is 12.2. The van der Waals surface area contributed by atoms with Gasteiger partial charge < -0.3 is 10.4 Å². The quantitative estimate of drug-likeness (QED) is 0.703. The SMILES string of the molecule is CCCc1ccc(C(=O)NCC(O)c2csc3ccccc23)cc1. The Hall–Kier alpha value is -2.17. The average molecular weight is 339 g/mol. The second kappa shape index (κ2) is 7.60. The van der Waals surface area contributed by atoms with E-state index in [0.717, 1.165) is 28.5 Å². The van der Waals surface area contributed by atoms with Gasteiger partial charge in [-0.1, -0.05) is 43.7 Å². The molecule has 4 heteroatoms. The monoisotopic (exact) mass is 339 g/mol. The van der Waals surface area contributed by atoms with E-state index in [1.807, 2.05) is 53.9 Å². The van der Waals surface area contributed by atoms with E-state index < -0.39 is 6.10 Å². The number of hydrogen-bond acceptors (Lipinski definition) is 3. The summed E-state index contributed by atoms with van der Waals surface area (Å²) in [6.07, 6.45) is 1.41. The van der Waals surface area contributed by atoms with Gasteiger partial charge in [0.1, 0.15) is 0 Å². The van der Waals surface area contributed by atoms with Crippen molar-refractivity contribution in [1.82, 2.24) is 5.32 Å². The summed E-state index contributed by atoms with van der Waals surface area (Å²) >= 11 is 1.61. The van der Waals surface area contributed by atoms with Gasteiger partial charge in [0.15, 0.2) is 0 Å². The van der Waals surface area contributed by atoms with Gasteiger partial charge in [0.2, 0.25) is 0 Å². The summed E-state index contributed by atoms with van der Waals surface area (Å²) in [5.41, 5.74) is 2.73. The molecule has 0 saturated carbocycles. The number of thiophene rings is 1. The van der Waals surface area contributed by atoms with Crippen molar-refractivity contribution >= 4 is 27.3 Å². The molecule has 3 nitrogen and oxygen atoms in total. The second-order valence-corrected chi connectivity index (χ2v) is 6.77. The highest BCUT2D eigenvalue weighted by Gasteiger charge is 2.14. The van der Waals surface area contributed by atoms with Gasteiger partial charge in [-0.15, -0.1) is 11.3 Å². The van der Waals surface area contributed by atoms with Gasteiger partial charge in [-0.3, -0.25) is 4.79 Å². The molecule has 0 aliphatic heterocycles. The molecule has 1 aromatic heterocycles. The van der Waals surface area contributed by atoms with E-state index in [1.165, 1.54) is 5.56 Å². The van der Waals surface area contributed by atoms with Crippen LogP contribution >= 0.6 is 11.3 Å². The van der Waals surface area contributed by atoms with Crippen molar-refractivity contribution in [3.63, 3.8) is 0 Å². The molecular weight excluding hydrogens is 318 g/mol. The zero-order chi connectivity index (χ0) is 16.9. The van der Waals surface area contributed by atoms with E-state index in [4.69, 9.17) is 0 Å². The van der Waals surface area contributed by atoms with Crippen molar-refractivity contribution in [3.8, 4) is 0 Å². The molecule has 0 aliphatic carbocycles. The average Bonchev–Trinajstić information content (AvgIpc) is 3.04. The van der Waals surface area contributed by atoms with Gasteiger partial charge in [-0.25, -0.2) is 0 Å². The Labute approximate surface area is 146 Å². The highest BCUT2D eigenvalue weighted by atomic mass is 32.1. The number of fused-ring (bicyclic) bond motifs is 1. The highest BCUT2D eigenvalue weighted by molar-refractivity contribution is 7.17. The normalized spacial score (nSPS) is 12.2. The van der Waals surface area contributed by atoms with E-state index in [-0.39, 0.29) is 12.5 Å². The number of aliphatic hydroxyl groups excluding tert-OH is 1. The van der Waals surface area contributed by atoms with Crippen molar-refractivity contribution < 1.29 is 9.90 Å². The molecule has 2 aromatic carbocycles. The minimum Gasteiger partial charge on any atom is -0.387 e. The first-order valence-corrected chi connectivity index (χ1v) is 9.08. The van der Waals surface area contributed by atoms with E-state index in [1.54, 1.807) is 11.3 Å². The van der Waals surface area contributed by atoms with Crippen molar-refractivity contribution in [2.24, 2.45) is 0 Å². The number of hydrogen-bond donors (Lipinski definition) is 2. The van der Waals surface area contributed by atoms with Crippen LogP contribution in [0.1, 0.15) is 40.9 Å². The minimum absolute atomic E-state index is 0.156. The molecule has 124 valence electrons. The summed E-state index contributed by atoms with van der Waals surface area (Å²) in [7, 11) is 0. The molecule has 0 radical (unpaired) electrons. The molecule has 0 saturated heterocycles. The van der Waals surface area contributed by atoms with Crippen LogP contribution in [0.15, 0.2) is 53.9 Å². The van der Waals surface area contributed by atoms with Crippen molar-refractivity contribution in [2.75, 3.05) is 6.54 Å². The molecule has 2 N–H and O–H groups in total. The molecule has 24 heavy (non-hydrogen) atoms. The molecule has 1 amide bonds. The number of benzene rings is 2. The number of aryl methyl sites for hydroxylation is 1. The minimum atomic E-state index is -0.704. The standard InChI is InChI=1S/C20H21NO2S/c1-2-5-14-8-10-15(11-9-14)20(23)21-12-18(22)17-13-24-19-7-4-3-6-16(17)19/h3-4,6-11,13,18,22H,2,5,12H2,1H3,(H,21,23). The first kappa shape index (κ1) is 16.7. The number of nitrogens with one attached hydrogen (secondary N) is 1. The fraction of sp³-hybridized carbons (Fsp3) is 0.250. The van der Waals surface area contributed by atoms with Crippen LogP contribution in [0.2, 0.25) is 0 Å². The summed E-state index contributed by atoms with van der Waals surface area (Å²) < 4.78 is 1.14. The van der Waals surface area contributed by atoms with E-state index >= 15 is 0 Å². The molecule has 3 aromatic rings. The maximum Gasteiger partial charge on any atom is 0.251 e. The summed E-state index contributed by atoms with van der Waals surface area (Å²) in [5.74, 6) is -0.156. The third-order valence-corrected chi connectivity index (χ3v) is 5.06. The Balaban J connectivity index is 1.63. The number of carbonyl (C=O) groups is 1. The van der Waals surface area contributed by atoms with Crippen LogP contribution in [-0.2, 0) is 6.42 Å². The first-order chi connectivity index (χ1) is 11.7. The van der Waals surface area contributed by atoms with E-state index in [0.29, 0.717) is 5.56 Å². The highest BCUT2D eigenvalue weighted by Crippen LogP contribution is 2.29. The predicted octanol–water partition coefficient (Wildman–Crippen LogP) is 4.32. The zero-order valence-corrected chi connectivity index (χ0v) is 14.5. The number of amides is 1. The Bertz CT molecular complexity index is 823. The maximum absolute atomic E-state index is 12.2. The van der Waals surface area contributed by atoms with E-state index in [9.17, 15) is 9.90 Å². The molecule has 1 atom stereocenters. The molecular formula is C20H21NO2S. The fourth-order valence-electron chi connectivity index (χ4n) is 2.77. The third-order valence-electron chi connectivity index (χ3n) is 4.08. The van der Waals surface area contributed by atoms with Crippen molar-refractivity contribution in [3.05, 3.63) is 70.6 Å².